The van der Waals surface area contributed by atoms with Crippen LogP contribution in [-0.2, 0) is 0 Å². The summed E-state index contributed by atoms with van der Waals surface area (Å²) in [6, 6.07) is 3.81. The Bertz CT molecular complexity index is 1410. The van der Waals surface area contributed by atoms with Gasteiger partial charge >= 0.3 is 6.18 Å². The number of piperidine rings is 1. The van der Waals surface area contributed by atoms with E-state index in [1.807, 2.05) is 17.0 Å². The Labute approximate surface area is 198 Å². The molecule has 4 aromatic rings. The SMILES string of the molecule is O=C(c1cnn2ccc(-c3c[nH]c4nc(NCC5(C(F)(F)F)CC5)ncc34)cc12)N1CCCCC1. The smallest absolute Gasteiger partial charge is 0.353 e. The lowest BCUT2D eigenvalue weighted by Crippen LogP contribution is -2.35. The first kappa shape index (κ1) is 21.9. The molecule has 0 atom stereocenters. The van der Waals surface area contributed by atoms with Crippen molar-refractivity contribution in [2.45, 2.75) is 38.3 Å². The van der Waals surface area contributed by atoms with E-state index in [1.54, 1.807) is 29.3 Å². The van der Waals surface area contributed by atoms with Crippen molar-refractivity contribution in [3.63, 3.8) is 0 Å². The number of H-pyrrole nitrogens is 1. The molecule has 2 fully saturated rings. The molecule has 1 amide bonds. The highest BCUT2D eigenvalue weighted by Gasteiger charge is 2.62. The average Bonchev–Trinajstić information content (AvgIpc) is 3.39. The summed E-state index contributed by atoms with van der Waals surface area (Å²) >= 11 is 0. The van der Waals surface area contributed by atoms with Crippen LogP contribution in [0.15, 0.2) is 36.9 Å². The van der Waals surface area contributed by atoms with Crippen molar-refractivity contribution < 1.29 is 18.0 Å². The van der Waals surface area contributed by atoms with Gasteiger partial charge in [0.05, 0.1) is 22.7 Å². The molecular formula is C24H24F3N7O. The standard InChI is InChI=1S/C24H24F3N7O/c25-24(26,27)23(5-6-23)14-30-22-29-12-17-16(11-28-20(17)32-22)15-4-9-34-19(10-15)18(13-31-34)21(35)33-7-2-1-3-8-33/h4,9-13H,1-3,5-8,14H2,(H2,28,29,30,32). The third kappa shape index (κ3) is 3.78. The first-order valence-electron chi connectivity index (χ1n) is 11.8. The van der Waals surface area contributed by atoms with Crippen molar-refractivity contribution in [1.82, 2.24) is 29.5 Å². The summed E-state index contributed by atoms with van der Waals surface area (Å²) in [4.78, 5) is 26.7. The minimum Gasteiger partial charge on any atom is -0.353 e. The number of halogens is 3. The van der Waals surface area contributed by atoms with E-state index in [4.69, 9.17) is 0 Å². The molecule has 5 heterocycles. The minimum absolute atomic E-state index is 0.0119. The van der Waals surface area contributed by atoms with Crippen LogP contribution in [0, 0.1) is 5.41 Å². The third-order valence-electron chi connectivity index (χ3n) is 7.18. The monoisotopic (exact) mass is 483 g/mol. The number of aromatic nitrogens is 5. The molecule has 0 bridgehead atoms. The van der Waals surface area contributed by atoms with Crippen LogP contribution in [0.4, 0.5) is 19.1 Å². The van der Waals surface area contributed by atoms with Gasteiger partial charge < -0.3 is 15.2 Å². The van der Waals surface area contributed by atoms with Gasteiger partial charge in [-0.1, -0.05) is 0 Å². The van der Waals surface area contributed by atoms with E-state index in [2.05, 4.69) is 25.4 Å². The predicted octanol–water partition coefficient (Wildman–Crippen LogP) is 4.65. The maximum Gasteiger partial charge on any atom is 0.396 e. The van der Waals surface area contributed by atoms with Crippen molar-refractivity contribution in [3.05, 3.63) is 42.5 Å². The van der Waals surface area contributed by atoms with E-state index in [-0.39, 0.29) is 31.2 Å². The number of nitrogens with one attached hydrogen (secondary N) is 2. The highest BCUT2D eigenvalue weighted by molar-refractivity contribution is 6.02. The molecule has 0 unspecified atom stereocenters. The average molecular weight is 483 g/mol. The molecule has 35 heavy (non-hydrogen) atoms. The molecule has 0 aromatic carbocycles. The zero-order valence-corrected chi connectivity index (χ0v) is 18.9. The van der Waals surface area contributed by atoms with Crippen molar-refractivity contribution in [2.75, 3.05) is 25.0 Å². The van der Waals surface area contributed by atoms with Crippen molar-refractivity contribution in [2.24, 2.45) is 5.41 Å². The van der Waals surface area contributed by atoms with Crippen LogP contribution in [0.1, 0.15) is 42.5 Å². The van der Waals surface area contributed by atoms with Crippen LogP contribution in [0.3, 0.4) is 0 Å². The van der Waals surface area contributed by atoms with E-state index < -0.39 is 11.6 Å². The zero-order valence-electron chi connectivity index (χ0n) is 18.9. The van der Waals surface area contributed by atoms with Crippen LogP contribution in [0.2, 0.25) is 0 Å². The second-order valence-corrected chi connectivity index (χ2v) is 9.45. The Morgan fingerprint density at radius 1 is 1.17 bits per heavy atom. The lowest BCUT2D eigenvalue weighted by atomic mass is 10.1. The Hall–Kier alpha value is -3.63. The fourth-order valence-electron chi connectivity index (χ4n) is 4.77. The van der Waals surface area contributed by atoms with E-state index in [0.717, 1.165) is 48.9 Å². The number of alkyl halides is 3. The van der Waals surface area contributed by atoms with E-state index >= 15 is 0 Å². The topological polar surface area (TPSA) is 91.2 Å². The number of pyridine rings is 1. The molecule has 0 radical (unpaired) electrons. The van der Waals surface area contributed by atoms with Crippen LogP contribution in [-0.4, -0.2) is 61.2 Å². The summed E-state index contributed by atoms with van der Waals surface area (Å²) in [5.74, 6) is 0.143. The number of anilines is 1. The van der Waals surface area contributed by atoms with Gasteiger partial charge in [0.15, 0.2) is 0 Å². The number of hydrogen-bond donors (Lipinski definition) is 2. The predicted molar refractivity (Wildman–Crippen MR) is 124 cm³/mol. The maximum absolute atomic E-state index is 13.2. The van der Waals surface area contributed by atoms with Crippen molar-refractivity contribution in [3.8, 4) is 11.1 Å². The van der Waals surface area contributed by atoms with Gasteiger partial charge in [0.25, 0.3) is 5.91 Å². The van der Waals surface area contributed by atoms with Crippen LogP contribution in [0.25, 0.3) is 27.7 Å². The zero-order chi connectivity index (χ0) is 24.2. The summed E-state index contributed by atoms with van der Waals surface area (Å²) < 4.78 is 41.3. The van der Waals surface area contributed by atoms with E-state index in [9.17, 15) is 18.0 Å². The number of hydrogen-bond acceptors (Lipinski definition) is 5. The Morgan fingerprint density at radius 2 is 1.97 bits per heavy atom. The number of carbonyl (C=O) groups excluding carboxylic acids is 1. The molecule has 0 spiro atoms. The Morgan fingerprint density at radius 3 is 2.71 bits per heavy atom. The second-order valence-electron chi connectivity index (χ2n) is 9.45. The number of nitrogens with zero attached hydrogens (tertiary/aromatic N) is 5. The summed E-state index contributed by atoms with van der Waals surface area (Å²) in [7, 11) is 0. The lowest BCUT2D eigenvalue weighted by molar-refractivity contribution is -0.182. The molecule has 6 rings (SSSR count). The first-order valence-corrected chi connectivity index (χ1v) is 11.8. The quantitative estimate of drug-likeness (QED) is 0.431. The molecule has 1 aliphatic carbocycles. The van der Waals surface area contributed by atoms with Crippen LogP contribution < -0.4 is 5.32 Å². The maximum atomic E-state index is 13.2. The number of rotatable bonds is 5. The van der Waals surface area contributed by atoms with Gasteiger partial charge in [-0.25, -0.2) is 9.50 Å². The number of carbonyl (C=O) groups is 1. The summed E-state index contributed by atoms with van der Waals surface area (Å²) in [6.45, 7) is 1.29. The van der Waals surface area contributed by atoms with Gasteiger partial charge in [0, 0.05) is 49.2 Å². The van der Waals surface area contributed by atoms with Gasteiger partial charge in [-0.05, 0) is 49.8 Å². The van der Waals surface area contributed by atoms with Crippen LogP contribution in [0.5, 0.6) is 0 Å². The largest absolute Gasteiger partial charge is 0.396 e. The Balaban J connectivity index is 1.27. The molecule has 4 aromatic heterocycles. The summed E-state index contributed by atoms with van der Waals surface area (Å²) in [5.41, 5.74) is 1.82. The number of amides is 1. The van der Waals surface area contributed by atoms with E-state index in [1.165, 1.54) is 0 Å². The molecular weight excluding hydrogens is 459 g/mol. The molecule has 1 saturated carbocycles. The first-order chi connectivity index (χ1) is 16.8. The van der Waals surface area contributed by atoms with Gasteiger partial charge in [-0.2, -0.15) is 23.3 Å². The molecule has 182 valence electrons. The summed E-state index contributed by atoms with van der Waals surface area (Å²) in [6.07, 6.45) is 5.99. The summed E-state index contributed by atoms with van der Waals surface area (Å²) in [5, 5.41) is 7.83. The lowest BCUT2D eigenvalue weighted by Gasteiger charge is -2.26. The highest BCUT2D eigenvalue weighted by Crippen LogP contribution is 2.57. The number of likely N-dealkylation sites (tertiary alicyclic amines) is 1. The van der Waals surface area contributed by atoms with Crippen molar-refractivity contribution >= 4 is 28.4 Å². The van der Waals surface area contributed by atoms with Crippen LogP contribution >= 0.6 is 0 Å². The third-order valence-corrected chi connectivity index (χ3v) is 7.18. The molecule has 1 aliphatic heterocycles. The van der Waals surface area contributed by atoms with Gasteiger partial charge in [-0.15, -0.1) is 0 Å². The fraction of sp³-hybridized carbons (Fsp3) is 0.417. The van der Waals surface area contributed by atoms with Gasteiger partial charge in [0.2, 0.25) is 5.95 Å². The van der Waals surface area contributed by atoms with Crippen molar-refractivity contribution in [1.29, 1.82) is 0 Å². The Kier molecular flexibility index (Phi) is 4.97. The van der Waals surface area contributed by atoms with E-state index in [0.29, 0.717) is 16.7 Å². The molecule has 8 nitrogen and oxygen atoms in total. The highest BCUT2D eigenvalue weighted by atomic mass is 19.4. The number of fused-ring (bicyclic) bond motifs is 2. The normalized spacial score (nSPS) is 17.7. The molecule has 1 saturated heterocycles. The molecule has 2 N–H and O–H groups in total. The fourth-order valence-corrected chi connectivity index (χ4v) is 4.77. The number of aromatic amines is 1. The minimum atomic E-state index is -4.23. The van der Waals surface area contributed by atoms with Gasteiger partial charge in [-0.3, -0.25) is 4.79 Å². The van der Waals surface area contributed by atoms with Gasteiger partial charge in [0.1, 0.15) is 5.65 Å². The molecule has 11 heteroatoms. The molecule has 2 aliphatic rings. The second kappa shape index (κ2) is 7.96.